The van der Waals surface area contributed by atoms with Crippen LogP contribution in [-0.4, -0.2) is 31.0 Å². The van der Waals surface area contributed by atoms with E-state index in [0.29, 0.717) is 6.92 Å². The predicted octanol–water partition coefficient (Wildman–Crippen LogP) is 3.54. The van der Waals surface area contributed by atoms with E-state index < -0.39 is 30.3 Å². The van der Waals surface area contributed by atoms with Crippen molar-refractivity contribution in [2.45, 2.75) is 37.2 Å². The molecule has 0 aromatic rings. The van der Waals surface area contributed by atoms with Crippen LogP contribution in [0.25, 0.3) is 0 Å². The van der Waals surface area contributed by atoms with Gasteiger partial charge in [0, 0.05) is 13.5 Å². The molecule has 0 bridgehead atoms. The third-order valence-electron chi connectivity index (χ3n) is 2.07. The summed E-state index contributed by atoms with van der Waals surface area (Å²) >= 11 is 0. The van der Waals surface area contributed by atoms with Crippen LogP contribution in [-0.2, 0) is 4.74 Å². The molecule has 0 amide bonds. The Kier molecular flexibility index (Phi) is 3.86. The summed E-state index contributed by atoms with van der Waals surface area (Å²) in [6, 6.07) is 0. The zero-order chi connectivity index (χ0) is 13.4. The number of methoxy groups -OCH3 is 1. The van der Waals surface area contributed by atoms with Crippen molar-refractivity contribution >= 4 is 0 Å². The number of rotatable bonds is 3. The summed E-state index contributed by atoms with van der Waals surface area (Å²) in [6.07, 6.45) is -14.4. The van der Waals surface area contributed by atoms with E-state index in [9.17, 15) is 35.1 Å². The Morgan fingerprint density at radius 3 is 1.19 bits per heavy atom. The molecule has 0 aliphatic rings. The maximum absolute atomic E-state index is 13.3. The predicted molar refractivity (Wildman–Crippen MR) is 37.1 cm³/mol. The molecule has 0 spiro atoms. The summed E-state index contributed by atoms with van der Waals surface area (Å²) in [7, 11) is 0.231. The Labute approximate surface area is 85.4 Å². The van der Waals surface area contributed by atoms with Crippen LogP contribution in [0.2, 0.25) is 0 Å². The minimum atomic E-state index is -6.47. The summed E-state index contributed by atoms with van der Waals surface area (Å²) in [5, 5.41) is 0. The van der Waals surface area contributed by atoms with Gasteiger partial charge >= 0.3 is 18.0 Å². The first-order valence-electron chi connectivity index (χ1n) is 3.93. The SMILES string of the molecule is CCC(F)(OC)C(F)(C(F)(F)F)C(F)(F)F. The lowest BCUT2D eigenvalue weighted by atomic mass is 9.92. The topological polar surface area (TPSA) is 9.23 Å². The third kappa shape index (κ3) is 1.96. The zero-order valence-electron chi connectivity index (χ0n) is 8.14. The molecule has 98 valence electrons. The van der Waals surface area contributed by atoms with E-state index in [1.165, 1.54) is 0 Å². The molecule has 0 aromatic heterocycles. The van der Waals surface area contributed by atoms with Gasteiger partial charge in [0.05, 0.1) is 0 Å². The molecule has 0 heterocycles. The average Bonchev–Trinajstić information content (AvgIpc) is 2.11. The molecule has 0 aromatic carbocycles. The normalized spacial score (nSPS) is 18.4. The fourth-order valence-corrected chi connectivity index (χ4v) is 1.11. The molecular weight excluding hydrogens is 252 g/mol. The van der Waals surface area contributed by atoms with E-state index in [4.69, 9.17) is 0 Å². The Morgan fingerprint density at radius 1 is 0.812 bits per heavy atom. The van der Waals surface area contributed by atoms with Crippen LogP contribution in [0, 0.1) is 0 Å². The molecule has 0 aliphatic carbocycles. The highest BCUT2D eigenvalue weighted by molar-refractivity contribution is 5.05. The van der Waals surface area contributed by atoms with Gasteiger partial charge in [-0.1, -0.05) is 6.92 Å². The van der Waals surface area contributed by atoms with Crippen LogP contribution in [0.4, 0.5) is 35.1 Å². The fraction of sp³-hybridized carbons (Fsp3) is 1.00. The molecule has 1 atom stereocenters. The summed E-state index contributed by atoms with van der Waals surface area (Å²) < 4.78 is 102. The summed E-state index contributed by atoms with van der Waals surface area (Å²) in [5.41, 5.74) is -6.06. The molecule has 0 N–H and O–H groups in total. The lowest BCUT2D eigenvalue weighted by Gasteiger charge is -2.39. The largest absolute Gasteiger partial charge is 0.437 e. The molecule has 1 unspecified atom stereocenters. The molecule has 16 heavy (non-hydrogen) atoms. The maximum atomic E-state index is 13.3. The van der Waals surface area contributed by atoms with Crippen molar-refractivity contribution in [1.29, 1.82) is 0 Å². The van der Waals surface area contributed by atoms with Crippen molar-refractivity contribution < 1.29 is 39.9 Å². The number of hydrogen-bond donors (Lipinski definition) is 0. The highest BCUT2D eigenvalue weighted by atomic mass is 19.4. The van der Waals surface area contributed by atoms with Crippen LogP contribution in [0.3, 0.4) is 0 Å². The first-order chi connectivity index (χ1) is 6.87. The minimum Gasteiger partial charge on any atom is -0.346 e. The number of hydrogen-bond acceptors (Lipinski definition) is 1. The standard InChI is InChI=1S/C7H8F8O/c1-3-4(8,16-2)5(9,6(10,11)12)7(13,14)15/h3H2,1-2H3. The zero-order valence-corrected chi connectivity index (χ0v) is 8.14. The average molecular weight is 260 g/mol. The van der Waals surface area contributed by atoms with Gasteiger partial charge < -0.3 is 4.74 Å². The molecule has 0 aliphatic heterocycles. The van der Waals surface area contributed by atoms with Crippen molar-refractivity contribution in [3.05, 3.63) is 0 Å². The molecule has 0 saturated heterocycles. The van der Waals surface area contributed by atoms with Crippen molar-refractivity contribution in [3.8, 4) is 0 Å². The second-order valence-corrected chi connectivity index (χ2v) is 2.94. The summed E-state index contributed by atoms with van der Waals surface area (Å²) in [5.74, 6) is -4.51. The van der Waals surface area contributed by atoms with Crippen LogP contribution in [0.5, 0.6) is 0 Å². The Hall–Kier alpha value is -0.600. The number of ether oxygens (including phenoxy) is 1. The van der Waals surface area contributed by atoms with E-state index in [0.717, 1.165) is 0 Å². The molecule has 0 saturated carbocycles. The van der Waals surface area contributed by atoms with Gasteiger partial charge in [-0.05, 0) is 0 Å². The Bertz CT molecular complexity index is 224. The second-order valence-electron chi connectivity index (χ2n) is 2.94. The molecule has 0 radical (unpaired) electrons. The van der Waals surface area contributed by atoms with Gasteiger partial charge in [0.1, 0.15) is 0 Å². The monoisotopic (exact) mass is 260 g/mol. The van der Waals surface area contributed by atoms with E-state index in [1.807, 2.05) is 0 Å². The lowest BCUT2D eigenvalue weighted by molar-refractivity contribution is -0.414. The molecular formula is C7H8F8O. The van der Waals surface area contributed by atoms with Gasteiger partial charge in [-0.25, -0.2) is 8.78 Å². The molecule has 9 heteroatoms. The van der Waals surface area contributed by atoms with Crippen molar-refractivity contribution in [2.24, 2.45) is 0 Å². The van der Waals surface area contributed by atoms with Crippen LogP contribution >= 0.6 is 0 Å². The van der Waals surface area contributed by atoms with Crippen LogP contribution < -0.4 is 0 Å². The van der Waals surface area contributed by atoms with Crippen molar-refractivity contribution in [1.82, 2.24) is 0 Å². The van der Waals surface area contributed by atoms with Crippen molar-refractivity contribution in [3.63, 3.8) is 0 Å². The third-order valence-corrected chi connectivity index (χ3v) is 2.07. The quantitative estimate of drug-likeness (QED) is 0.705. The van der Waals surface area contributed by atoms with Gasteiger partial charge in [-0.2, -0.15) is 26.3 Å². The Morgan fingerprint density at radius 2 is 1.12 bits per heavy atom. The highest BCUT2D eigenvalue weighted by Crippen LogP contribution is 2.55. The first-order valence-corrected chi connectivity index (χ1v) is 3.93. The van der Waals surface area contributed by atoms with E-state index in [2.05, 4.69) is 4.74 Å². The molecule has 0 fully saturated rings. The lowest BCUT2D eigenvalue weighted by Crippen LogP contribution is -2.66. The molecule has 0 rings (SSSR count). The molecule has 1 nitrogen and oxygen atoms in total. The van der Waals surface area contributed by atoms with Gasteiger partial charge in [-0.15, -0.1) is 0 Å². The van der Waals surface area contributed by atoms with Gasteiger partial charge in [0.15, 0.2) is 0 Å². The van der Waals surface area contributed by atoms with E-state index in [1.54, 1.807) is 0 Å². The number of alkyl halides is 8. The van der Waals surface area contributed by atoms with Gasteiger partial charge in [-0.3, -0.25) is 0 Å². The second kappa shape index (κ2) is 4.01. The Balaban J connectivity index is 5.79. The van der Waals surface area contributed by atoms with Gasteiger partial charge in [0.25, 0.3) is 5.85 Å². The van der Waals surface area contributed by atoms with E-state index in [-0.39, 0.29) is 7.11 Å². The first kappa shape index (κ1) is 15.4. The van der Waals surface area contributed by atoms with Crippen LogP contribution in [0.15, 0.2) is 0 Å². The van der Waals surface area contributed by atoms with Gasteiger partial charge in [0.2, 0.25) is 0 Å². The summed E-state index contributed by atoms with van der Waals surface area (Å²) in [4.78, 5) is 0. The van der Waals surface area contributed by atoms with E-state index >= 15 is 0 Å². The summed E-state index contributed by atoms with van der Waals surface area (Å²) in [6.45, 7) is 0.606. The smallest absolute Gasteiger partial charge is 0.346 e. The van der Waals surface area contributed by atoms with Crippen LogP contribution in [0.1, 0.15) is 13.3 Å². The highest BCUT2D eigenvalue weighted by Gasteiger charge is 2.83. The maximum Gasteiger partial charge on any atom is 0.437 e. The number of halogens is 8. The van der Waals surface area contributed by atoms with Crippen molar-refractivity contribution in [2.75, 3.05) is 7.11 Å². The fourth-order valence-electron chi connectivity index (χ4n) is 1.11. The minimum absolute atomic E-state index is 0.231.